The van der Waals surface area contributed by atoms with Gasteiger partial charge in [-0.2, -0.15) is 0 Å². The van der Waals surface area contributed by atoms with E-state index in [1.54, 1.807) is 6.92 Å². The topological polar surface area (TPSA) is 253 Å². The number of esters is 8. The summed E-state index contributed by atoms with van der Waals surface area (Å²) in [4.78, 5) is 111. The van der Waals surface area contributed by atoms with Crippen LogP contribution in [0, 0.1) is 17.3 Å². The highest BCUT2D eigenvalue weighted by Gasteiger charge is 2.92. The van der Waals surface area contributed by atoms with Crippen molar-refractivity contribution in [2.24, 2.45) is 17.3 Å². The normalized spacial score (nSPS) is 38.2. The van der Waals surface area contributed by atoms with Crippen molar-refractivity contribution in [3.8, 4) is 0 Å². The molecule has 2 aliphatic heterocycles. The number of ether oxygens (including phenoxy) is 9. The summed E-state index contributed by atoms with van der Waals surface area (Å²) in [6, 6.07) is 1.50. The van der Waals surface area contributed by atoms with Crippen molar-refractivity contribution in [2.75, 3.05) is 13.2 Å². The van der Waals surface area contributed by atoms with Crippen molar-refractivity contribution in [3.63, 3.8) is 0 Å². The molecule has 0 aromatic carbocycles. The number of hydrogen-bond acceptors (Lipinski definition) is 19. The van der Waals surface area contributed by atoms with Crippen molar-refractivity contribution in [1.29, 1.82) is 0 Å². The van der Waals surface area contributed by atoms with Gasteiger partial charge in [0.15, 0.2) is 30.0 Å². The van der Waals surface area contributed by atoms with Crippen molar-refractivity contribution < 1.29 is 86.1 Å². The van der Waals surface area contributed by atoms with Crippen LogP contribution in [0.1, 0.15) is 91.1 Å². The highest BCUT2D eigenvalue weighted by Crippen LogP contribution is 2.70. The Hall–Kier alpha value is -5.17. The summed E-state index contributed by atoms with van der Waals surface area (Å²) in [5.74, 6) is -11.5. The van der Waals surface area contributed by atoms with Crippen LogP contribution >= 0.6 is 0 Å². The van der Waals surface area contributed by atoms with Gasteiger partial charge in [0.2, 0.25) is 0 Å². The van der Waals surface area contributed by atoms with E-state index < -0.39 is 138 Å². The van der Waals surface area contributed by atoms with E-state index in [0.29, 0.717) is 5.56 Å². The Morgan fingerprint density at radius 3 is 1.84 bits per heavy atom. The summed E-state index contributed by atoms with van der Waals surface area (Å²) in [6.07, 6.45) is -9.28. The summed E-state index contributed by atoms with van der Waals surface area (Å²) < 4.78 is 54.3. The molecule has 1 N–H and O–H groups in total. The molecule has 57 heavy (non-hydrogen) atoms. The van der Waals surface area contributed by atoms with Gasteiger partial charge in [-0.25, -0.2) is 4.79 Å². The summed E-state index contributed by atoms with van der Waals surface area (Å²) in [7, 11) is 0. The molecule has 13 atom stereocenters. The van der Waals surface area contributed by atoms with Gasteiger partial charge in [0.25, 0.3) is 0 Å². The fraction of sp³-hybridized carbons (Fsp3) is 0.658. The van der Waals surface area contributed by atoms with E-state index in [1.165, 1.54) is 32.3 Å². The van der Waals surface area contributed by atoms with Crippen LogP contribution in [-0.2, 0) is 76.2 Å². The standard InChI is InChI=1S/C38H47NO18/c1-16-17(2)33(46)56-30-28(52-20(5)42)32(55-23(8)45)37(15-49-18(3)40)31(54-22(7)44)27(51-19(4)41)26-29(53-21(6)43)38(37,36(30,10)48)57-35(26,9)14-50-34(47)25-13-39-12-11-24(16)25/h11-13,16-17,26-32,48H,14-15H2,1-10H3. The number of carbonyl (C=O) groups is 8. The first kappa shape index (κ1) is 43.0. The molecule has 1 saturated heterocycles. The molecular weight excluding hydrogens is 758 g/mol. The first-order valence-corrected chi connectivity index (χ1v) is 18.2. The number of carbonyl (C=O) groups excluding carboxylic acids is 8. The zero-order valence-electron chi connectivity index (χ0n) is 33.2. The third-order valence-corrected chi connectivity index (χ3v) is 11.5. The predicted octanol–water partition coefficient (Wildman–Crippen LogP) is 1.03. The molecule has 19 nitrogen and oxygen atoms in total. The van der Waals surface area contributed by atoms with Crippen molar-refractivity contribution in [2.45, 2.75) is 129 Å². The second-order valence-corrected chi connectivity index (χ2v) is 15.4. The van der Waals surface area contributed by atoms with Crippen LogP contribution in [0.5, 0.6) is 0 Å². The SMILES string of the molecule is CC(=O)OCC12C(OC(C)=O)C(OC(C)=O)C3C(OC(C)=O)C14OC3(C)COC(=O)c1cnccc1C(C)C(C)C(=O)OC(C(OC(C)=O)C2OC(C)=O)C4(C)O. The molecule has 1 aromatic rings. The second-order valence-electron chi connectivity index (χ2n) is 15.4. The number of nitrogens with zero attached hydrogens (tertiary/aromatic N) is 1. The number of aromatic nitrogens is 1. The van der Waals surface area contributed by atoms with Gasteiger partial charge in [-0.15, -0.1) is 0 Å². The minimum absolute atomic E-state index is 0.0422. The van der Waals surface area contributed by atoms with E-state index in [2.05, 4.69) is 4.98 Å². The van der Waals surface area contributed by atoms with Crippen LogP contribution < -0.4 is 0 Å². The highest BCUT2D eigenvalue weighted by molar-refractivity contribution is 5.91. The molecule has 19 heteroatoms. The number of fused-ring (bicyclic) bond motifs is 5. The quantitative estimate of drug-likeness (QED) is 0.298. The fourth-order valence-electron chi connectivity index (χ4n) is 9.30. The fourth-order valence-corrected chi connectivity index (χ4v) is 9.30. The van der Waals surface area contributed by atoms with Crippen LogP contribution in [0.2, 0.25) is 0 Å². The lowest BCUT2D eigenvalue weighted by atomic mass is 9.45. The first-order chi connectivity index (χ1) is 26.5. The average molecular weight is 806 g/mol. The molecule has 3 heterocycles. The van der Waals surface area contributed by atoms with Crippen LogP contribution in [-0.4, -0.2) is 124 Å². The second kappa shape index (κ2) is 15.3. The van der Waals surface area contributed by atoms with Gasteiger partial charge in [0, 0.05) is 53.9 Å². The van der Waals surface area contributed by atoms with Gasteiger partial charge in [-0.05, 0) is 31.4 Å². The van der Waals surface area contributed by atoms with E-state index in [1.807, 2.05) is 0 Å². The van der Waals surface area contributed by atoms with E-state index in [4.69, 9.17) is 42.6 Å². The molecule has 2 saturated carbocycles. The Balaban J connectivity index is 2.01. The number of aliphatic hydroxyl groups is 1. The highest BCUT2D eigenvalue weighted by atomic mass is 16.7. The van der Waals surface area contributed by atoms with E-state index in [0.717, 1.165) is 48.5 Å². The number of pyridine rings is 1. The summed E-state index contributed by atoms with van der Waals surface area (Å²) in [6.45, 7) is 9.73. The average Bonchev–Trinajstić information content (AvgIpc) is 3.32. The largest absolute Gasteiger partial charge is 0.465 e. The Morgan fingerprint density at radius 1 is 0.772 bits per heavy atom. The van der Waals surface area contributed by atoms with Gasteiger partial charge in [-0.3, -0.25) is 38.5 Å². The summed E-state index contributed by atoms with van der Waals surface area (Å²) in [5, 5.41) is 13.4. The lowest BCUT2D eigenvalue weighted by molar-refractivity contribution is -0.387. The molecule has 5 rings (SSSR count). The number of cyclic esters (lactones) is 1. The lowest BCUT2D eigenvalue weighted by Gasteiger charge is -2.67. The number of hydrogen-bond donors (Lipinski definition) is 1. The van der Waals surface area contributed by atoms with Crippen LogP contribution in [0.4, 0.5) is 0 Å². The molecule has 1 spiro atoms. The van der Waals surface area contributed by atoms with Crippen molar-refractivity contribution in [3.05, 3.63) is 29.6 Å². The molecule has 4 bridgehead atoms. The van der Waals surface area contributed by atoms with Crippen LogP contribution in [0.25, 0.3) is 0 Å². The smallest absolute Gasteiger partial charge is 0.340 e. The van der Waals surface area contributed by atoms with Crippen molar-refractivity contribution in [1.82, 2.24) is 4.98 Å². The maximum absolute atomic E-state index is 14.4. The monoisotopic (exact) mass is 805 g/mol. The summed E-state index contributed by atoms with van der Waals surface area (Å²) in [5.41, 5.74) is -9.91. The Morgan fingerprint density at radius 2 is 1.30 bits per heavy atom. The Kier molecular flexibility index (Phi) is 11.5. The van der Waals surface area contributed by atoms with Crippen LogP contribution in [0.15, 0.2) is 18.5 Å². The van der Waals surface area contributed by atoms with Gasteiger partial charge >= 0.3 is 47.8 Å². The van der Waals surface area contributed by atoms with E-state index in [-0.39, 0.29) is 5.56 Å². The first-order valence-electron chi connectivity index (χ1n) is 18.2. The molecule has 0 radical (unpaired) electrons. The molecular formula is C38H47NO18. The minimum atomic E-state index is -2.81. The third kappa shape index (κ3) is 6.97. The molecule has 1 aromatic heterocycles. The maximum Gasteiger partial charge on any atom is 0.340 e. The zero-order valence-corrected chi connectivity index (χ0v) is 33.2. The van der Waals surface area contributed by atoms with Crippen LogP contribution in [0.3, 0.4) is 0 Å². The zero-order chi connectivity index (χ0) is 42.6. The third-order valence-electron chi connectivity index (χ3n) is 11.5. The molecule has 2 aliphatic carbocycles. The van der Waals surface area contributed by atoms with Crippen molar-refractivity contribution >= 4 is 47.8 Å². The van der Waals surface area contributed by atoms with Gasteiger partial charge < -0.3 is 47.7 Å². The molecule has 3 fully saturated rings. The Bertz CT molecular complexity index is 1860. The molecule has 13 unspecified atom stereocenters. The van der Waals surface area contributed by atoms with Gasteiger partial charge in [0.05, 0.1) is 17.4 Å². The number of rotatable bonds is 7. The molecule has 4 aliphatic rings. The van der Waals surface area contributed by atoms with Gasteiger partial charge in [0.1, 0.15) is 42.0 Å². The Labute approximate surface area is 327 Å². The van der Waals surface area contributed by atoms with E-state index >= 15 is 0 Å². The summed E-state index contributed by atoms with van der Waals surface area (Å²) >= 11 is 0. The molecule has 312 valence electrons. The maximum atomic E-state index is 14.4. The van der Waals surface area contributed by atoms with Gasteiger partial charge in [-0.1, -0.05) is 13.8 Å². The van der Waals surface area contributed by atoms with E-state index in [9.17, 15) is 43.5 Å². The minimum Gasteiger partial charge on any atom is -0.465 e. The lowest BCUT2D eigenvalue weighted by Crippen LogP contribution is -2.89. The molecule has 0 amide bonds. The predicted molar refractivity (Wildman–Crippen MR) is 185 cm³/mol.